The van der Waals surface area contributed by atoms with Crippen LogP contribution in [0.2, 0.25) is 0 Å². The van der Waals surface area contributed by atoms with E-state index < -0.39 is 0 Å². The van der Waals surface area contributed by atoms with Crippen molar-refractivity contribution in [3.63, 3.8) is 0 Å². The monoisotopic (exact) mass is 254 g/mol. The molecule has 0 bridgehead atoms. The molecule has 0 aliphatic carbocycles. The molecule has 0 amide bonds. The molecule has 0 fully saturated rings. The molecule has 0 saturated heterocycles. The zero-order valence-corrected chi connectivity index (χ0v) is 11.9. The van der Waals surface area contributed by atoms with Crippen molar-refractivity contribution in [1.29, 1.82) is 0 Å². The van der Waals surface area contributed by atoms with Gasteiger partial charge in [0.25, 0.3) is 0 Å². The van der Waals surface area contributed by atoms with Gasteiger partial charge < -0.3 is 14.6 Å². The molecule has 0 unspecified atom stereocenters. The van der Waals surface area contributed by atoms with Crippen LogP contribution in [0.1, 0.15) is 51.5 Å². The molecule has 1 aromatic rings. The molecule has 0 aromatic carbocycles. The van der Waals surface area contributed by atoms with Crippen molar-refractivity contribution in [2.24, 2.45) is 5.92 Å². The maximum atomic E-state index is 5.52. The van der Waals surface area contributed by atoms with Crippen molar-refractivity contribution < 1.29 is 9.26 Å². The lowest BCUT2D eigenvalue weighted by molar-refractivity contribution is 0.0978. The van der Waals surface area contributed by atoms with Gasteiger partial charge in [0.15, 0.2) is 5.76 Å². The van der Waals surface area contributed by atoms with E-state index in [4.69, 9.17) is 9.26 Å². The minimum absolute atomic E-state index is 0.529. The lowest BCUT2D eigenvalue weighted by Crippen LogP contribution is -2.19. The first kappa shape index (κ1) is 15.2. The summed E-state index contributed by atoms with van der Waals surface area (Å²) in [5, 5.41) is 7.35. The second kappa shape index (κ2) is 9.11. The van der Waals surface area contributed by atoms with Crippen LogP contribution in [0, 0.1) is 5.92 Å². The van der Waals surface area contributed by atoms with Crippen LogP contribution in [0.3, 0.4) is 0 Å². The molecule has 18 heavy (non-hydrogen) atoms. The highest BCUT2D eigenvalue weighted by Crippen LogP contribution is 2.06. The number of hydrogen-bond donors (Lipinski definition) is 1. The number of unbranched alkanes of at least 4 members (excludes halogenated alkanes) is 2. The normalized spacial score (nSPS) is 11.3. The Morgan fingerprint density at radius 3 is 2.94 bits per heavy atom. The van der Waals surface area contributed by atoms with Gasteiger partial charge in [-0.3, -0.25) is 0 Å². The Kier molecular flexibility index (Phi) is 7.69. The molecule has 0 aliphatic rings. The van der Waals surface area contributed by atoms with Gasteiger partial charge in [-0.25, -0.2) is 0 Å². The number of hydrogen-bond acceptors (Lipinski definition) is 4. The summed E-state index contributed by atoms with van der Waals surface area (Å²) in [5.41, 5.74) is 0.947. The van der Waals surface area contributed by atoms with Gasteiger partial charge in [-0.15, -0.1) is 0 Å². The van der Waals surface area contributed by atoms with E-state index in [-0.39, 0.29) is 0 Å². The van der Waals surface area contributed by atoms with E-state index in [0.29, 0.717) is 12.5 Å². The van der Waals surface area contributed by atoms with E-state index in [1.54, 1.807) is 0 Å². The third kappa shape index (κ3) is 6.77. The highest BCUT2D eigenvalue weighted by molar-refractivity contribution is 5.04. The number of nitrogens with zero attached hydrogens (tertiary/aromatic N) is 1. The standard InChI is InChI=1S/C14H26N2O2/c1-4-5-6-7-17-11-14-8-13(16-18-14)10-15-9-12(2)3/h8,12,15H,4-7,9-11H2,1-3H3. The maximum absolute atomic E-state index is 5.52. The summed E-state index contributed by atoms with van der Waals surface area (Å²) in [6.07, 6.45) is 3.56. The molecule has 1 rings (SSSR count). The third-order valence-corrected chi connectivity index (χ3v) is 2.60. The zero-order valence-electron chi connectivity index (χ0n) is 11.9. The lowest BCUT2D eigenvalue weighted by atomic mass is 10.2. The minimum atomic E-state index is 0.529. The van der Waals surface area contributed by atoms with Crippen LogP contribution in [0.15, 0.2) is 10.6 Å². The number of nitrogens with one attached hydrogen (secondary N) is 1. The molecule has 4 nitrogen and oxygen atoms in total. The Morgan fingerprint density at radius 1 is 1.39 bits per heavy atom. The van der Waals surface area contributed by atoms with Gasteiger partial charge in [-0.2, -0.15) is 0 Å². The van der Waals surface area contributed by atoms with E-state index in [1.807, 2.05) is 6.07 Å². The number of aromatic nitrogens is 1. The van der Waals surface area contributed by atoms with Gasteiger partial charge in [0.1, 0.15) is 6.61 Å². The molecule has 0 radical (unpaired) electrons. The average Bonchev–Trinajstić information content (AvgIpc) is 2.76. The summed E-state index contributed by atoms with van der Waals surface area (Å²) in [4.78, 5) is 0. The van der Waals surface area contributed by atoms with Gasteiger partial charge in [-0.1, -0.05) is 38.8 Å². The quantitative estimate of drug-likeness (QED) is 0.652. The third-order valence-electron chi connectivity index (χ3n) is 2.60. The van der Waals surface area contributed by atoms with Crippen LogP contribution in [-0.2, 0) is 17.9 Å². The summed E-state index contributed by atoms with van der Waals surface area (Å²) >= 11 is 0. The fourth-order valence-electron chi connectivity index (χ4n) is 1.62. The second-order valence-corrected chi connectivity index (χ2v) is 5.07. The van der Waals surface area contributed by atoms with Crippen molar-refractivity contribution in [3.8, 4) is 0 Å². The smallest absolute Gasteiger partial charge is 0.162 e. The Bertz CT molecular complexity index is 310. The fourth-order valence-corrected chi connectivity index (χ4v) is 1.62. The molecule has 0 aliphatic heterocycles. The molecule has 1 aromatic heterocycles. The van der Waals surface area contributed by atoms with Crippen molar-refractivity contribution >= 4 is 0 Å². The van der Waals surface area contributed by atoms with Gasteiger partial charge in [0, 0.05) is 19.2 Å². The molecule has 0 saturated carbocycles. The molecular weight excluding hydrogens is 228 g/mol. The molecule has 1 N–H and O–H groups in total. The first-order chi connectivity index (χ1) is 8.72. The summed E-state index contributed by atoms with van der Waals surface area (Å²) < 4.78 is 10.7. The summed E-state index contributed by atoms with van der Waals surface area (Å²) in [6.45, 7) is 9.65. The Labute approximate surface area is 110 Å². The zero-order chi connectivity index (χ0) is 13.2. The minimum Gasteiger partial charge on any atom is -0.373 e. The van der Waals surface area contributed by atoms with E-state index in [0.717, 1.165) is 37.6 Å². The first-order valence-corrected chi connectivity index (χ1v) is 6.95. The molecule has 1 heterocycles. The van der Waals surface area contributed by atoms with Crippen LogP contribution >= 0.6 is 0 Å². The SMILES string of the molecule is CCCCCOCc1cc(CNCC(C)C)no1. The van der Waals surface area contributed by atoms with E-state index in [1.165, 1.54) is 12.8 Å². The number of ether oxygens (including phenoxy) is 1. The largest absolute Gasteiger partial charge is 0.373 e. The Balaban J connectivity index is 2.13. The van der Waals surface area contributed by atoms with Crippen LogP contribution in [-0.4, -0.2) is 18.3 Å². The highest BCUT2D eigenvalue weighted by Gasteiger charge is 2.04. The Hall–Kier alpha value is -0.870. The van der Waals surface area contributed by atoms with E-state index in [2.05, 4.69) is 31.2 Å². The van der Waals surface area contributed by atoms with Crippen molar-refractivity contribution in [2.75, 3.05) is 13.2 Å². The topological polar surface area (TPSA) is 47.3 Å². The summed E-state index contributed by atoms with van der Waals surface area (Å²) in [7, 11) is 0. The van der Waals surface area contributed by atoms with E-state index in [9.17, 15) is 0 Å². The molecule has 104 valence electrons. The lowest BCUT2D eigenvalue weighted by Gasteiger charge is -2.04. The van der Waals surface area contributed by atoms with Crippen molar-refractivity contribution in [1.82, 2.24) is 10.5 Å². The predicted molar refractivity (Wildman–Crippen MR) is 72.2 cm³/mol. The van der Waals surface area contributed by atoms with E-state index >= 15 is 0 Å². The summed E-state index contributed by atoms with van der Waals surface area (Å²) in [6, 6.07) is 1.97. The summed E-state index contributed by atoms with van der Waals surface area (Å²) in [5.74, 6) is 1.46. The van der Waals surface area contributed by atoms with Crippen LogP contribution in [0.4, 0.5) is 0 Å². The van der Waals surface area contributed by atoms with Gasteiger partial charge in [0.05, 0.1) is 5.69 Å². The van der Waals surface area contributed by atoms with Crippen LogP contribution in [0.25, 0.3) is 0 Å². The van der Waals surface area contributed by atoms with Crippen LogP contribution in [0.5, 0.6) is 0 Å². The van der Waals surface area contributed by atoms with Gasteiger partial charge in [0.2, 0.25) is 0 Å². The fraction of sp³-hybridized carbons (Fsp3) is 0.786. The first-order valence-electron chi connectivity index (χ1n) is 6.95. The molecule has 0 atom stereocenters. The van der Waals surface area contributed by atoms with Gasteiger partial charge in [-0.05, 0) is 18.9 Å². The maximum Gasteiger partial charge on any atom is 0.162 e. The highest BCUT2D eigenvalue weighted by atomic mass is 16.5. The molecule has 4 heteroatoms. The van der Waals surface area contributed by atoms with Crippen molar-refractivity contribution in [3.05, 3.63) is 17.5 Å². The molecule has 0 spiro atoms. The van der Waals surface area contributed by atoms with Crippen LogP contribution < -0.4 is 5.32 Å². The second-order valence-electron chi connectivity index (χ2n) is 5.07. The number of rotatable bonds is 10. The predicted octanol–water partition coefficient (Wildman–Crippen LogP) is 3.13. The van der Waals surface area contributed by atoms with Crippen molar-refractivity contribution in [2.45, 2.75) is 53.2 Å². The average molecular weight is 254 g/mol. The molecular formula is C14H26N2O2. The van der Waals surface area contributed by atoms with Gasteiger partial charge >= 0.3 is 0 Å². The Morgan fingerprint density at radius 2 is 2.22 bits per heavy atom.